The van der Waals surface area contributed by atoms with E-state index in [4.69, 9.17) is 0 Å². The van der Waals surface area contributed by atoms with Crippen LogP contribution in [0.2, 0.25) is 0 Å². The van der Waals surface area contributed by atoms with Crippen molar-refractivity contribution in [2.75, 3.05) is 5.32 Å². The Bertz CT molecular complexity index is 1160. The average molecular weight is 442 g/mol. The number of carbonyl (C=O) groups is 3. The largest absolute Gasteiger partial charge is 0.434 e. The number of amides is 3. The first-order valence-electron chi connectivity index (χ1n) is 9.68. The third-order valence-electron chi connectivity index (χ3n) is 4.99. The van der Waals surface area contributed by atoms with Crippen molar-refractivity contribution in [1.82, 2.24) is 14.7 Å². The van der Waals surface area contributed by atoms with Gasteiger partial charge < -0.3 is 5.32 Å². The first kappa shape index (κ1) is 21.3. The number of para-hydroxylation sites is 1. The van der Waals surface area contributed by atoms with Gasteiger partial charge >= 0.3 is 6.18 Å². The van der Waals surface area contributed by atoms with E-state index in [-0.39, 0.29) is 42.6 Å². The van der Waals surface area contributed by atoms with E-state index in [1.54, 1.807) is 30.3 Å². The van der Waals surface area contributed by atoms with Crippen molar-refractivity contribution in [2.24, 2.45) is 0 Å². The molecule has 7 nitrogen and oxygen atoms in total. The summed E-state index contributed by atoms with van der Waals surface area (Å²) in [6.45, 7) is 0.105. The number of alkyl halides is 3. The zero-order valence-corrected chi connectivity index (χ0v) is 16.6. The molecule has 0 atom stereocenters. The van der Waals surface area contributed by atoms with Crippen molar-refractivity contribution in [2.45, 2.75) is 25.6 Å². The maximum atomic E-state index is 13.7. The summed E-state index contributed by atoms with van der Waals surface area (Å²) in [6.07, 6.45) is -3.56. The summed E-state index contributed by atoms with van der Waals surface area (Å²) in [5, 5.41) is 6.20. The van der Waals surface area contributed by atoms with E-state index in [1.807, 2.05) is 0 Å². The van der Waals surface area contributed by atoms with E-state index in [9.17, 15) is 27.6 Å². The monoisotopic (exact) mass is 442 g/mol. The standard InChI is InChI=1S/C22H17F3N4O3/c23-22(24,25)20-17(12-26-29(20)16-4-2-1-3-5-16)21(32)27-15-8-6-14(7-9-15)13-28-18(30)10-11-19(28)31/h1-9,12H,10-11,13H2,(H,27,32). The second-order valence-electron chi connectivity index (χ2n) is 7.18. The quantitative estimate of drug-likeness (QED) is 0.610. The highest BCUT2D eigenvalue weighted by molar-refractivity contribution is 6.05. The summed E-state index contributed by atoms with van der Waals surface area (Å²) in [4.78, 5) is 37.2. The molecular formula is C22H17F3N4O3. The molecule has 4 rings (SSSR count). The molecule has 1 N–H and O–H groups in total. The Labute approximate surface area is 180 Å². The molecule has 1 saturated heterocycles. The SMILES string of the molecule is O=C(Nc1ccc(CN2C(=O)CCC2=O)cc1)c1cnn(-c2ccccc2)c1C(F)(F)F. The van der Waals surface area contributed by atoms with Crippen molar-refractivity contribution in [1.29, 1.82) is 0 Å². The number of nitrogens with zero attached hydrogens (tertiary/aromatic N) is 3. The topological polar surface area (TPSA) is 84.3 Å². The fourth-order valence-electron chi connectivity index (χ4n) is 3.43. The first-order chi connectivity index (χ1) is 15.2. The Morgan fingerprint density at radius 3 is 2.19 bits per heavy atom. The number of hydrogen-bond acceptors (Lipinski definition) is 4. The van der Waals surface area contributed by atoms with E-state index in [1.165, 1.54) is 24.3 Å². The Morgan fingerprint density at radius 1 is 0.969 bits per heavy atom. The van der Waals surface area contributed by atoms with Gasteiger partial charge in [-0.05, 0) is 29.8 Å². The van der Waals surface area contributed by atoms with Crippen LogP contribution in [0.1, 0.15) is 34.5 Å². The maximum Gasteiger partial charge on any atom is 0.434 e. The average Bonchev–Trinajstić information content (AvgIpc) is 3.35. The third-order valence-corrected chi connectivity index (χ3v) is 4.99. The smallest absolute Gasteiger partial charge is 0.322 e. The van der Waals surface area contributed by atoms with Crippen LogP contribution in [0.15, 0.2) is 60.8 Å². The van der Waals surface area contributed by atoms with Gasteiger partial charge in [0.2, 0.25) is 11.8 Å². The predicted octanol–water partition coefficient (Wildman–Crippen LogP) is 3.79. The fraction of sp³-hybridized carbons (Fsp3) is 0.182. The highest BCUT2D eigenvalue weighted by Crippen LogP contribution is 2.34. The molecule has 32 heavy (non-hydrogen) atoms. The molecule has 0 spiro atoms. The minimum Gasteiger partial charge on any atom is -0.322 e. The number of carbonyl (C=O) groups excluding carboxylic acids is 3. The van der Waals surface area contributed by atoms with Gasteiger partial charge in [0.25, 0.3) is 5.91 Å². The number of rotatable bonds is 5. The summed E-state index contributed by atoms with van der Waals surface area (Å²) in [5.74, 6) is -1.46. The second-order valence-corrected chi connectivity index (χ2v) is 7.18. The lowest BCUT2D eigenvalue weighted by atomic mass is 10.1. The number of aromatic nitrogens is 2. The first-order valence-corrected chi connectivity index (χ1v) is 9.68. The minimum absolute atomic E-state index is 0.105. The summed E-state index contributed by atoms with van der Waals surface area (Å²) in [6, 6.07) is 13.9. The lowest BCUT2D eigenvalue weighted by Crippen LogP contribution is -2.28. The summed E-state index contributed by atoms with van der Waals surface area (Å²) in [5.41, 5.74) is -0.699. The van der Waals surface area contributed by atoms with Gasteiger partial charge in [0.15, 0.2) is 5.69 Å². The molecule has 3 amide bonds. The number of likely N-dealkylation sites (tertiary alicyclic amines) is 1. The van der Waals surface area contributed by atoms with Crippen LogP contribution in [0.5, 0.6) is 0 Å². The molecule has 2 aromatic carbocycles. The molecule has 0 saturated carbocycles. The molecule has 1 aliphatic heterocycles. The van der Waals surface area contributed by atoms with Gasteiger partial charge in [-0.15, -0.1) is 0 Å². The molecule has 1 fully saturated rings. The Hall–Kier alpha value is -3.95. The molecular weight excluding hydrogens is 425 g/mol. The predicted molar refractivity (Wildman–Crippen MR) is 108 cm³/mol. The van der Waals surface area contributed by atoms with Crippen LogP contribution < -0.4 is 5.32 Å². The molecule has 0 unspecified atom stereocenters. The molecule has 10 heteroatoms. The highest BCUT2D eigenvalue weighted by Gasteiger charge is 2.40. The molecule has 3 aromatic rings. The second kappa shape index (κ2) is 8.29. The van der Waals surface area contributed by atoms with Crippen molar-refractivity contribution in [3.8, 4) is 5.69 Å². The maximum absolute atomic E-state index is 13.7. The Kier molecular flexibility index (Phi) is 5.52. The Morgan fingerprint density at radius 2 is 1.59 bits per heavy atom. The van der Waals surface area contributed by atoms with Crippen molar-refractivity contribution < 1.29 is 27.6 Å². The highest BCUT2D eigenvalue weighted by atomic mass is 19.4. The summed E-state index contributed by atoms with van der Waals surface area (Å²) < 4.78 is 41.9. The Balaban J connectivity index is 1.54. The number of halogens is 3. The zero-order chi connectivity index (χ0) is 22.9. The fourth-order valence-corrected chi connectivity index (χ4v) is 3.43. The van der Waals surface area contributed by atoms with Crippen LogP contribution in [0.4, 0.5) is 18.9 Å². The van der Waals surface area contributed by atoms with Gasteiger partial charge in [0, 0.05) is 18.5 Å². The van der Waals surface area contributed by atoms with Crippen LogP contribution in [0.3, 0.4) is 0 Å². The third kappa shape index (κ3) is 4.25. The lowest BCUT2D eigenvalue weighted by molar-refractivity contribution is -0.143. The van der Waals surface area contributed by atoms with Crippen molar-refractivity contribution >= 4 is 23.4 Å². The molecule has 1 aromatic heterocycles. The summed E-state index contributed by atoms with van der Waals surface area (Å²) in [7, 11) is 0. The molecule has 1 aliphatic rings. The van der Waals surface area contributed by atoms with Gasteiger partial charge in [0.05, 0.1) is 24.0 Å². The molecule has 0 aliphatic carbocycles. The number of imide groups is 1. The van der Waals surface area contributed by atoms with E-state index < -0.39 is 23.3 Å². The van der Waals surface area contributed by atoms with Crippen molar-refractivity contribution in [3.05, 3.63) is 77.6 Å². The molecule has 164 valence electrons. The van der Waals surface area contributed by atoms with E-state index in [0.29, 0.717) is 10.2 Å². The zero-order valence-electron chi connectivity index (χ0n) is 16.6. The number of nitrogens with one attached hydrogen (secondary N) is 1. The van der Waals surface area contributed by atoms with Crippen molar-refractivity contribution in [3.63, 3.8) is 0 Å². The molecule has 2 heterocycles. The van der Waals surface area contributed by atoms with Crippen LogP contribution in [0, 0.1) is 0 Å². The molecule has 0 bridgehead atoms. The van der Waals surface area contributed by atoms with Gasteiger partial charge in [0.1, 0.15) is 0 Å². The normalized spacial score (nSPS) is 14.2. The molecule has 0 radical (unpaired) electrons. The number of hydrogen-bond donors (Lipinski definition) is 1. The lowest BCUT2D eigenvalue weighted by Gasteiger charge is -2.14. The minimum atomic E-state index is -4.81. The number of benzene rings is 2. The van der Waals surface area contributed by atoms with Gasteiger partial charge in [-0.1, -0.05) is 30.3 Å². The number of anilines is 1. The van der Waals surface area contributed by atoms with Crippen LogP contribution >= 0.6 is 0 Å². The van der Waals surface area contributed by atoms with E-state index in [2.05, 4.69) is 10.4 Å². The van der Waals surface area contributed by atoms with E-state index in [0.717, 1.165) is 11.1 Å². The van der Waals surface area contributed by atoms with Crippen LogP contribution in [-0.2, 0) is 22.3 Å². The van der Waals surface area contributed by atoms with Gasteiger partial charge in [-0.3, -0.25) is 19.3 Å². The van der Waals surface area contributed by atoms with E-state index >= 15 is 0 Å². The van der Waals surface area contributed by atoms with Crippen LogP contribution in [-0.4, -0.2) is 32.4 Å². The van der Waals surface area contributed by atoms with Crippen LogP contribution in [0.25, 0.3) is 5.69 Å². The van der Waals surface area contributed by atoms with Gasteiger partial charge in [-0.25, -0.2) is 4.68 Å². The van der Waals surface area contributed by atoms with Gasteiger partial charge in [-0.2, -0.15) is 18.3 Å². The summed E-state index contributed by atoms with van der Waals surface area (Å²) >= 11 is 0.